The maximum atomic E-state index is 13.7. The topological polar surface area (TPSA) is 105 Å². The minimum Gasteiger partial charge on any atom is -0.454 e. The minimum absolute atomic E-state index is 0.110. The van der Waals surface area contributed by atoms with Crippen LogP contribution < -0.4 is 9.47 Å². The second-order valence-corrected chi connectivity index (χ2v) is 10.4. The van der Waals surface area contributed by atoms with E-state index in [1.807, 2.05) is 54.6 Å². The van der Waals surface area contributed by atoms with E-state index in [2.05, 4.69) is 20.2 Å². The lowest BCUT2D eigenvalue weighted by atomic mass is 10.0. The number of hydrogen-bond donors (Lipinski definition) is 2. The molecule has 4 aromatic heterocycles. The first-order valence-corrected chi connectivity index (χ1v) is 13.3. The summed E-state index contributed by atoms with van der Waals surface area (Å²) in [6.45, 7) is 0.774. The number of pyridine rings is 2. The molecule has 6 aromatic rings. The molecule has 11 heteroatoms. The van der Waals surface area contributed by atoms with Crippen molar-refractivity contribution < 1.29 is 18.3 Å². The maximum absolute atomic E-state index is 13.7. The summed E-state index contributed by atoms with van der Waals surface area (Å²) < 4.78 is 38.4. The van der Waals surface area contributed by atoms with E-state index in [1.165, 1.54) is 0 Å². The van der Waals surface area contributed by atoms with E-state index in [0.29, 0.717) is 41.6 Å². The molecule has 0 spiro atoms. The van der Waals surface area contributed by atoms with Gasteiger partial charge in [-0.2, -0.15) is 5.10 Å². The highest BCUT2D eigenvalue weighted by molar-refractivity contribution is 5.96. The molecule has 2 N–H and O–H groups in total. The number of halogens is 2. The summed E-state index contributed by atoms with van der Waals surface area (Å²) in [6.07, 6.45) is 3.34. The van der Waals surface area contributed by atoms with E-state index in [-0.39, 0.29) is 19.8 Å². The van der Waals surface area contributed by atoms with Crippen molar-refractivity contribution in [2.45, 2.75) is 18.9 Å². The lowest BCUT2D eigenvalue weighted by Gasteiger charge is -2.15. The monoisotopic (exact) mass is 551 g/mol. The highest BCUT2D eigenvalue weighted by Crippen LogP contribution is 2.38. The fraction of sp³-hybridized carbons (Fsp3) is 0.200. The van der Waals surface area contributed by atoms with E-state index in [9.17, 15) is 8.78 Å². The number of para-hydroxylation sites is 1. The average molecular weight is 552 g/mol. The molecule has 1 saturated heterocycles. The summed E-state index contributed by atoms with van der Waals surface area (Å²) in [5, 5.41) is 7.59. The molecule has 0 atom stereocenters. The molecule has 41 heavy (non-hydrogen) atoms. The van der Waals surface area contributed by atoms with Crippen LogP contribution in [0.5, 0.6) is 11.5 Å². The Morgan fingerprint density at radius 1 is 0.902 bits per heavy atom. The Morgan fingerprint density at radius 2 is 1.83 bits per heavy atom. The zero-order valence-electron chi connectivity index (χ0n) is 21.7. The minimum atomic E-state index is -2.63. The summed E-state index contributed by atoms with van der Waals surface area (Å²) in [6, 6.07) is 17.6. The predicted molar refractivity (Wildman–Crippen MR) is 149 cm³/mol. The molecular formula is C30H23F2N7O2. The molecule has 8 rings (SSSR count). The van der Waals surface area contributed by atoms with Gasteiger partial charge in [0.05, 0.1) is 28.8 Å². The summed E-state index contributed by atoms with van der Waals surface area (Å²) in [5.74, 6) is -0.600. The average Bonchev–Trinajstić information content (AvgIpc) is 3.77. The van der Waals surface area contributed by atoms with Gasteiger partial charge in [-0.25, -0.2) is 18.7 Å². The van der Waals surface area contributed by atoms with E-state index in [0.717, 1.165) is 44.6 Å². The van der Waals surface area contributed by atoms with Gasteiger partial charge in [0.25, 0.3) is 5.92 Å². The van der Waals surface area contributed by atoms with Gasteiger partial charge < -0.3 is 14.5 Å². The number of aromatic nitrogens is 6. The van der Waals surface area contributed by atoms with Gasteiger partial charge in [-0.15, -0.1) is 0 Å². The van der Waals surface area contributed by atoms with Crippen molar-refractivity contribution in [2.24, 2.45) is 0 Å². The van der Waals surface area contributed by atoms with Crippen molar-refractivity contribution >= 4 is 22.1 Å². The first-order chi connectivity index (χ1) is 20.0. The molecule has 0 saturated carbocycles. The Bertz CT molecular complexity index is 1950. The second kappa shape index (κ2) is 9.07. The van der Waals surface area contributed by atoms with Crippen LogP contribution in [0.15, 0.2) is 67.0 Å². The summed E-state index contributed by atoms with van der Waals surface area (Å²) in [5.41, 5.74) is 7.99. The summed E-state index contributed by atoms with van der Waals surface area (Å²) in [7, 11) is 0. The highest BCUT2D eigenvalue weighted by Gasteiger charge is 2.38. The number of nitrogens with one attached hydrogen (secondary N) is 2. The largest absolute Gasteiger partial charge is 0.454 e. The van der Waals surface area contributed by atoms with Gasteiger partial charge in [0, 0.05) is 43.0 Å². The Balaban J connectivity index is 1.14. The third kappa shape index (κ3) is 4.25. The number of fused-ring (bicyclic) bond motifs is 3. The van der Waals surface area contributed by atoms with Crippen molar-refractivity contribution in [1.29, 1.82) is 0 Å². The second-order valence-electron chi connectivity index (χ2n) is 10.4. The molecule has 6 heterocycles. The van der Waals surface area contributed by atoms with Gasteiger partial charge in [0.15, 0.2) is 23.0 Å². The van der Waals surface area contributed by atoms with Crippen LogP contribution in [0, 0.1) is 0 Å². The fourth-order valence-corrected chi connectivity index (χ4v) is 5.58. The first kappa shape index (κ1) is 23.9. The molecule has 2 aliphatic rings. The molecule has 2 aliphatic heterocycles. The number of benzene rings is 2. The van der Waals surface area contributed by atoms with Crippen LogP contribution in [0.3, 0.4) is 0 Å². The van der Waals surface area contributed by atoms with Gasteiger partial charge >= 0.3 is 0 Å². The third-order valence-electron chi connectivity index (χ3n) is 7.57. The van der Waals surface area contributed by atoms with E-state index in [1.54, 1.807) is 17.3 Å². The molecule has 204 valence electrons. The fourth-order valence-electron chi connectivity index (χ4n) is 5.58. The van der Waals surface area contributed by atoms with Crippen LogP contribution >= 0.6 is 0 Å². The molecule has 1 fully saturated rings. The summed E-state index contributed by atoms with van der Waals surface area (Å²) >= 11 is 0. The van der Waals surface area contributed by atoms with Crippen LogP contribution in [0.4, 0.5) is 8.78 Å². The van der Waals surface area contributed by atoms with Crippen molar-refractivity contribution in [3.8, 4) is 45.4 Å². The van der Waals surface area contributed by atoms with Gasteiger partial charge in [0.1, 0.15) is 5.52 Å². The van der Waals surface area contributed by atoms with Crippen LogP contribution in [0.25, 0.3) is 56.0 Å². The Hall–Kier alpha value is -4.90. The SMILES string of the molecule is FC1(F)CCN(Cc2cncc(-c3ccc4[nH]nc(-c5nc6c(-c7ccc8c(c7)OCO8)cccc6[nH]5)c4n3)c2)C1. The predicted octanol–water partition coefficient (Wildman–Crippen LogP) is 5.80. The van der Waals surface area contributed by atoms with Gasteiger partial charge in [-0.3, -0.25) is 15.0 Å². The quantitative estimate of drug-likeness (QED) is 0.279. The highest BCUT2D eigenvalue weighted by atomic mass is 19.3. The zero-order chi connectivity index (χ0) is 27.6. The number of rotatable bonds is 5. The molecule has 0 aliphatic carbocycles. The number of hydrogen-bond acceptors (Lipinski definition) is 7. The van der Waals surface area contributed by atoms with Crippen LogP contribution in [-0.2, 0) is 6.54 Å². The van der Waals surface area contributed by atoms with Crippen LogP contribution in [0.1, 0.15) is 12.0 Å². The van der Waals surface area contributed by atoms with Crippen molar-refractivity contribution in [2.75, 3.05) is 19.9 Å². The Labute approximate surface area is 232 Å². The van der Waals surface area contributed by atoms with E-state index < -0.39 is 5.92 Å². The molecule has 9 nitrogen and oxygen atoms in total. The Kier molecular flexibility index (Phi) is 5.29. The van der Waals surface area contributed by atoms with Crippen LogP contribution in [-0.4, -0.2) is 60.8 Å². The molecular weight excluding hydrogens is 528 g/mol. The van der Waals surface area contributed by atoms with Crippen molar-refractivity contribution in [3.63, 3.8) is 0 Å². The van der Waals surface area contributed by atoms with Gasteiger partial charge in [-0.1, -0.05) is 18.2 Å². The Morgan fingerprint density at radius 3 is 2.73 bits per heavy atom. The maximum Gasteiger partial charge on any atom is 0.261 e. The first-order valence-electron chi connectivity index (χ1n) is 13.3. The van der Waals surface area contributed by atoms with Gasteiger partial charge in [0.2, 0.25) is 6.79 Å². The smallest absolute Gasteiger partial charge is 0.261 e. The standard InChI is InChI=1S/C30H23F2N7O2/c31-30(32)8-9-39(15-30)14-17-10-19(13-33-12-17)21-5-6-23-27(34-21)28(38-37-23)29-35-22-3-1-2-20(26(22)36-29)18-4-7-24-25(11-18)41-16-40-24/h1-7,10-13H,8-9,14-16H2,(H,35,36)(H,37,38). The van der Waals surface area contributed by atoms with E-state index in [4.69, 9.17) is 19.4 Å². The normalized spacial score (nSPS) is 16.2. The number of alkyl halides is 2. The number of ether oxygens (including phenoxy) is 2. The molecule has 0 bridgehead atoms. The molecule has 0 unspecified atom stereocenters. The lowest BCUT2D eigenvalue weighted by Crippen LogP contribution is -2.24. The molecule has 0 radical (unpaired) electrons. The number of imidazole rings is 1. The van der Waals surface area contributed by atoms with E-state index >= 15 is 0 Å². The number of likely N-dealkylation sites (tertiary alicyclic amines) is 1. The summed E-state index contributed by atoms with van der Waals surface area (Å²) in [4.78, 5) is 19.4. The van der Waals surface area contributed by atoms with Gasteiger partial charge in [-0.05, 0) is 47.5 Å². The number of aromatic amines is 2. The lowest BCUT2D eigenvalue weighted by molar-refractivity contribution is 0.0115. The zero-order valence-corrected chi connectivity index (χ0v) is 21.7. The third-order valence-corrected chi connectivity index (χ3v) is 7.57. The van der Waals surface area contributed by atoms with Crippen LogP contribution in [0.2, 0.25) is 0 Å². The van der Waals surface area contributed by atoms with Crippen molar-refractivity contribution in [1.82, 2.24) is 35.0 Å². The molecule has 2 aromatic carbocycles. The number of H-pyrrole nitrogens is 2. The number of nitrogens with zero attached hydrogens (tertiary/aromatic N) is 5. The molecule has 0 amide bonds. The van der Waals surface area contributed by atoms with Crippen molar-refractivity contribution in [3.05, 3.63) is 72.6 Å².